The number of carbonyl (C=O) groups is 1. The van der Waals surface area contributed by atoms with Crippen molar-refractivity contribution >= 4 is 26.7 Å². The van der Waals surface area contributed by atoms with E-state index in [0.717, 1.165) is 11.8 Å². The minimum atomic E-state index is -3.07. The Morgan fingerprint density at radius 1 is 1.33 bits per heavy atom. The SMILES string of the molecule is CC(=O)SCC#Cc1ccccc1CS(C)(=O)=O. The number of benzene rings is 1. The molecule has 0 aliphatic carbocycles. The second-order valence-corrected chi connectivity index (χ2v) is 7.10. The highest BCUT2D eigenvalue weighted by molar-refractivity contribution is 8.13. The van der Waals surface area contributed by atoms with Gasteiger partial charge in [0.2, 0.25) is 0 Å². The van der Waals surface area contributed by atoms with Gasteiger partial charge >= 0.3 is 0 Å². The fourth-order valence-corrected chi connectivity index (χ4v) is 2.48. The van der Waals surface area contributed by atoms with Crippen LogP contribution in [-0.2, 0) is 20.4 Å². The Morgan fingerprint density at radius 3 is 2.61 bits per heavy atom. The van der Waals surface area contributed by atoms with Gasteiger partial charge in [-0.3, -0.25) is 4.79 Å². The third-order valence-corrected chi connectivity index (χ3v) is 3.54. The van der Waals surface area contributed by atoms with Crippen molar-refractivity contribution in [1.29, 1.82) is 0 Å². The standard InChI is InChI=1S/C13H14O3S2/c1-11(14)17-9-5-8-12-6-3-4-7-13(12)10-18(2,15)16/h3-4,6-7H,9-10H2,1-2H3. The summed E-state index contributed by atoms with van der Waals surface area (Å²) >= 11 is 1.14. The van der Waals surface area contributed by atoms with E-state index in [1.165, 1.54) is 13.2 Å². The van der Waals surface area contributed by atoms with Gasteiger partial charge in [-0.15, -0.1) is 0 Å². The summed E-state index contributed by atoms with van der Waals surface area (Å²) in [4.78, 5) is 10.7. The second-order valence-electron chi connectivity index (χ2n) is 3.81. The summed E-state index contributed by atoms with van der Waals surface area (Å²) in [6, 6.07) is 7.14. The average Bonchev–Trinajstić information content (AvgIpc) is 2.24. The van der Waals surface area contributed by atoms with Gasteiger partial charge in [-0.2, -0.15) is 0 Å². The van der Waals surface area contributed by atoms with Crippen molar-refractivity contribution in [1.82, 2.24) is 0 Å². The summed E-state index contributed by atoms with van der Waals surface area (Å²) in [6.45, 7) is 1.49. The lowest BCUT2D eigenvalue weighted by Gasteiger charge is -2.02. The molecule has 0 spiro atoms. The van der Waals surface area contributed by atoms with Crippen LogP contribution in [0.4, 0.5) is 0 Å². The van der Waals surface area contributed by atoms with E-state index in [1.807, 2.05) is 6.07 Å². The molecule has 0 unspecified atom stereocenters. The molecular formula is C13H14O3S2. The summed E-state index contributed by atoms with van der Waals surface area (Å²) in [5.41, 5.74) is 1.40. The Morgan fingerprint density at radius 2 is 2.00 bits per heavy atom. The lowest BCUT2D eigenvalue weighted by atomic mass is 10.1. The van der Waals surface area contributed by atoms with E-state index < -0.39 is 9.84 Å². The maximum atomic E-state index is 11.3. The molecule has 0 aliphatic heterocycles. The van der Waals surface area contributed by atoms with Gasteiger partial charge in [0.15, 0.2) is 15.0 Å². The maximum Gasteiger partial charge on any atom is 0.186 e. The Bertz CT molecular complexity index is 592. The van der Waals surface area contributed by atoms with Crippen molar-refractivity contribution < 1.29 is 13.2 Å². The molecule has 0 amide bonds. The van der Waals surface area contributed by atoms with Crippen molar-refractivity contribution in [3.8, 4) is 11.8 Å². The van der Waals surface area contributed by atoms with Gasteiger partial charge in [0, 0.05) is 18.7 Å². The molecule has 0 N–H and O–H groups in total. The maximum absolute atomic E-state index is 11.3. The van der Waals surface area contributed by atoms with E-state index in [-0.39, 0.29) is 10.9 Å². The minimum Gasteiger partial charge on any atom is -0.288 e. The zero-order chi connectivity index (χ0) is 13.6. The summed E-state index contributed by atoms with van der Waals surface area (Å²) < 4.78 is 22.6. The molecule has 1 aromatic carbocycles. The van der Waals surface area contributed by atoms with E-state index >= 15 is 0 Å². The van der Waals surface area contributed by atoms with Crippen LogP contribution < -0.4 is 0 Å². The molecule has 0 heterocycles. The highest BCUT2D eigenvalue weighted by atomic mass is 32.2. The average molecular weight is 282 g/mol. The Hall–Kier alpha value is -1.25. The van der Waals surface area contributed by atoms with Crippen molar-refractivity contribution in [2.75, 3.05) is 12.0 Å². The van der Waals surface area contributed by atoms with Crippen molar-refractivity contribution in [3.63, 3.8) is 0 Å². The van der Waals surface area contributed by atoms with Crippen LogP contribution in [0.25, 0.3) is 0 Å². The van der Waals surface area contributed by atoms with Crippen LogP contribution in [0.3, 0.4) is 0 Å². The first-order valence-electron chi connectivity index (χ1n) is 5.26. The predicted molar refractivity (Wildman–Crippen MR) is 75.0 cm³/mol. The van der Waals surface area contributed by atoms with Crippen LogP contribution in [-0.4, -0.2) is 25.5 Å². The third-order valence-electron chi connectivity index (χ3n) is 2.01. The first-order chi connectivity index (χ1) is 8.38. The van der Waals surface area contributed by atoms with Gasteiger partial charge in [0.25, 0.3) is 0 Å². The molecule has 1 rings (SSSR count). The fourth-order valence-electron chi connectivity index (χ4n) is 1.32. The molecule has 96 valence electrons. The zero-order valence-corrected chi connectivity index (χ0v) is 11.9. The smallest absolute Gasteiger partial charge is 0.186 e. The molecule has 0 radical (unpaired) electrons. The van der Waals surface area contributed by atoms with Gasteiger partial charge in [0.1, 0.15) is 0 Å². The highest BCUT2D eigenvalue weighted by Crippen LogP contribution is 2.11. The number of rotatable bonds is 3. The molecule has 0 aromatic heterocycles. The number of sulfone groups is 1. The third kappa shape index (κ3) is 5.89. The van der Waals surface area contributed by atoms with Crippen LogP contribution >= 0.6 is 11.8 Å². The van der Waals surface area contributed by atoms with Gasteiger partial charge in [-0.1, -0.05) is 41.8 Å². The van der Waals surface area contributed by atoms with E-state index in [0.29, 0.717) is 16.9 Å². The topological polar surface area (TPSA) is 51.2 Å². The molecule has 1 aromatic rings. The van der Waals surface area contributed by atoms with Gasteiger partial charge in [-0.25, -0.2) is 8.42 Å². The number of thioether (sulfide) groups is 1. The lowest BCUT2D eigenvalue weighted by molar-refractivity contribution is -0.109. The highest BCUT2D eigenvalue weighted by Gasteiger charge is 2.07. The molecule has 0 saturated heterocycles. The van der Waals surface area contributed by atoms with Crippen molar-refractivity contribution in [2.45, 2.75) is 12.7 Å². The van der Waals surface area contributed by atoms with E-state index in [4.69, 9.17) is 0 Å². The van der Waals surface area contributed by atoms with Crippen LogP contribution in [0.2, 0.25) is 0 Å². The molecular weight excluding hydrogens is 268 g/mol. The number of hydrogen-bond donors (Lipinski definition) is 0. The Kier molecular flexibility index (Phi) is 5.45. The van der Waals surface area contributed by atoms with Gasteiger partial charge in [0.05, 0.1) is 11.5 Å². The molecule has 3 nitrogen and oxygen atoms in total. The summed E-state index contributed by atoms with van der Waals surface area (Å²) in [5, 5.41) is 0.0220. The van der Waals surface area contributed by atoms with Crippen LogP contribution in [0, 0.1) is 11.8 Å². The first kappa shape index (κ1) is 14.8. The Labute approximate surface area is 112 Å². The molecule has 0 atom stereocenters. The lowest BCUT2D eigenvalue weighted by Crippen LogP contribution is -2.02. The van der Waals surface area contributed by atoms with Crippen LogP contribution in [0.5, 0.6) is 0 Å². The monoisotopic (exact) mass is 282 g/mol. The van der Waals surface area contributed by atoms with E-state index in [2.05, 4.69) is 11.8 Å². The van der Waals surface area contributed by atoms with Crippen molar-refractivity contribution in [3.05, 3.63) is 35.4 Å². The van der Waals surface area contributed by atoms with Crippen LogP contribution in [0.15, 0.2) is 24.3 Å². The molecule has 18 heavy (non-hydrogen) atoms. The molecule has 5 heteroatoms. The zero-order valence-electron chi connectivity index (χ0n) is 10.3. The van der Waals surface area contributed by atoms with Gasteiger partial charge in [-0.05, 0) is 11.6 Å². The van der Waals surface area contributed by atoms with Crippen LogP contribution in [0.1, 0.15) is 18.1 Å². The molecule has 0 bridgehead atoms. The largest absolute Gasteiger partial charge is 0.288 e. The molecule has 0 saturated carbocycles. The minimum absolute atomic E-state index is 0.0162. The number of hydrogen-bond acceptors (Lipinski definition) is 4. The van der Waals surface area contributed by atoms with E-state index in [9.17, 15) is 13.2 Å². The predicted octanol–water partition coefficient (Wildman–Crippen LogP) is 1.86. The fraction of sp³-hybridized carbons (Fsp3) is 0.308. The quantitative estimate of drug-likeness (QED) is 0.794. The van der Waals surface area contributed by atoms with Crippen molar-refractivity contribution in [2.24, 2.45) is 0 Å². The number of carbonyl (C=O) groups excluding carboxylic acids is 1. The van der Waals surface area contributed by atoms with E-state index in [1.54, 1.807) is 18.2 Å². The summed E-state index contributed by atoms with van der Waals surface area (Å²) in [7, 11) is -3.07. The normalized spacial score (nSPS) is 10.6. The summed E-state index contributed by atoms with van der Waals surface area (Å²) in [5.74, 6) is 6.16. The molecule has 0 fully saturated rings. The Balaban J connectivity index is 2.85. The molecule has 0 aliphatic rings. The van der Waals surface area contributed by atoms with Gasteiger partial charge < -0.3 is 0 Å². The summed E-state index contributed by atoms with van der Waals surface area (Å²) in [6.07, 6.45) is 1.20. The first-order valence-corrected chi connectivity index (χ1v) is 8.31. The second kappa shape index (κ2) is 6.62.